The molecule has 0 spiro atoms. The van der Waals surface area contributed by atoms with Gasteiger partial charge in [0, 0.05) is 26.5 Å². The molecule has 0 heterocycles. The van der Waals surface area contributed by atoms with E-state index in [1.807, 2.05) is 6.07 Å². The van der Waals surface area contributed by atoms with E-state index in [1.165, 1.54) is 12.1 Å². The Balaban J connectivity index is 2.20. The van der Waals surface area contributed by atoms with E-state index in [9.17, 15) is 14.9 Å². The molecule has 0 aromatic heterocycles. The molecule has 6 heteroatoms. The molecule has 0 saturated carbocycles. The van der Waals surface area contributed by atoms with Crippen molar-refractivity contribution in [2.75, 3.05) is 5.32 Å². The summed E-state index contributed by atoms with van der Waals surface area (Å²) in [4.78, 5) is 22.3. The van der Waals surface area contributed by atoms with Gasteiger partial charge in [0.15, 0.2) is 0 Å². The highest BCUT2D eigenvalue weighted by Crippen LogP contribution is 2.22. The van der Waals surface area contributed by atoms with Gasteiger partial charge in [-0.05, 0) is 59.8 Å². The summed E-state index contributed by atoms with van der Waals surface area (Å²) in [5.41, 5.74) is 1.64. The van der Waals surface area contributed by atoms with Gasteiger partial charge in [0.1, 0.15) is 0 Å². The van der Waals surface area contributed by atoms with E-state index in [0.29, 0.717) is 16.8 Å². The summed E-state index contributed by atoms with van der Waals surface area (Å²) in [7, 11) is 0. The Hall–Kier alpha value is -1.96. The third-order valence-corrected chi connectivity index (χ3v) is 3.41. The number of carbonyl (C=O) groups excluding carboxylic acids is 1. The Labute approximate surface area is 129 Å². The second kappa shape index (κ2) is 6.00. The third kappa shape index (κ3) is 3.32. The molecule has 1 N–H and O–H groups in total. The molecule has 0 bridgehead atoms. The second-order valence-electron chi connectivity index (χ2n) is 4.22. The lowest BCUT2D eigenvalue weighted by Gasteiger charge is -2.06. The molecule has 1 amide bonds. The Morgan fingerprint density at radius 1 is 1.25 bits per heavy atom. The van der Waals surface area contributed by atoms with Crippen LogP contribution in [0.2, 0.25) is 0 Å². The minimum Gasteiger partial charge on any atom is -0.322 e. The van der Waals surface area contributed by atoms with E-state index in [-0.39, 0.29) is 11.6 Å². The molecule has 0 saturated heterocycles. The summed E-state index contributed by atoms with van der Waals surface area (Å²) in [6.07, 6.45) is 0. The lowest BCUT2D eigenvalue weighted by molar-refractivity contribution is -0.385. The molecular formula is C14H11IN2O3. The highest BCUT2D eigenvalue weighted by Gasteiger charge is 2.12. The van der Waals surface area contributed by atoms with E-state index in [1.54, 1.807) is 31.2 Å². The van der Waals surface area contributed by atoms with Crippen molar-refractivity contribution in [2.24, 2.45) is 0 Å². The highest BCUT2D eigenvalue weighted by molar-refractivity contribution is 14.1. The van der Waals surface area contributed by atoms with Gasteiger partial charge in [-0.2, -0.15) is 0 Å². The summed E-state index contributed by atoms with van der Waals surface area (Å²) >= 11 is 2.13. The maximum atomic E-state index is 12.0. The van der Waals surface area contributed by atoms with E-state index in [2.05, 4.69) is 27.9 Å². The monoisotopic (exact) mass is 382 g/mol. The molecule has 0 aliphatic rings. The number of anilines is 1. The van der Waals surface area contributed by atoms with Crippen molar-refractivity contribution in [3.63, 3.8) is 0 Å². The normalized spacial score (nSPS) is 10.1. The molecule has 0 unspecified atom stereocenters. The fraction of sp³-hybridized carbons (Fsp3) is 0.0714. The van der Waals surface area contributed by atoms with Crippen LogP contribution < -0.4 is 5.32 Å². The zero-order valence-corrected chi connectivity index (χ0v) is 12.7. The molecule has 5 nitrogen and oxygen atoms in total. The standard InChI is InChI=1S/C14H11IN2O3/c1-9-7-12(5-6-13(9)17(19)20)16-14(18)10-3-2-4-11(15)8-10/h2-8H,1H3,(H,16,18). The number of nitrogens with one attached hydrogen (secondary N) is 1. The number of nitro groups is 1. The lowest BCUT2D eigenvalue weighted by Crippen LogP contribution is -2.12. The molecule has 20 heavy (non-hydrogen) atoms. The van der Waals surface area contributed by atoms with Crippen molar-refractivity contribution >= 4 is 39.9 Å². The molecule has 0 aliphatic carbocycles. The van der Waals surface area contributed by atoms with Crippen LogP contribution in [0.1, 0.15) is 15.9 Å². The number of amides is 1. The summed E-state index contributed by atoms with van der Waals surface area (Å²) < 4.78 is 0.968. The molecular weight excluding hydrogens is 371 g/mol. The fourth-order valence-electron chi connectivity index (χ4n) is 1.77. The first-order valence-electron chi connectivity index (χ1n) is 5.79. The smallest absolute Gasteiger partial charge is 0.272 e. The van der Waals surface area contributed by atoms with E-state index in [4.69, 9.17) is 0 Å². The highest BCUT2D eigenvalue weighted by atomic mass is 127. The second-order valence-corrected chi connectivity index (χ2v) is 5.47. The lowest BCUT2D eigenvalue weighted by atomic mass is 10.1. The van der Waals surface area contributed by atoms with E-state index >= 15 is 0 Å². The number of benzene rings is 2. The van der Waals surface area contributed by atoms with E-state index < -0.39 is 4.92 Å². The summed E-state index contributed by atoms with van der Waals surface area (Å²) in [6.45, 7) is 1.64. The van der Waals surface area contributed by atoms with Crippen LogP contribution in [0, 0.1) is 20.6 Å². The first kappa shape index (κ1) is 14.4. The number of rotatable bonds is 3. The number of aryl methyl sites for hydroxylation is 1. The molecule has 0 radical (unpaired) electrons. The minimum atomic E-state index is -0.444. The topological polar surface area (TPSA) is 72.2 Å². The SMILES string of the molecule is Cc1cc(NC(=O)c2cccc(I)c2)ccc1[N+](=O)[O-]. The predicted molar refractivity (Wildman–Crippen MR) is 84.9 cm³/mol. The van der Waals surface area contributed by atoms with Crippen LogP contribution in [0.3, 0.4) is 0 Å². The predicted octanol–water partition coefficient (Wildman–Crippen LogP) is 3.76. The third-order valence-electron chi connectivity index (χ3n) is 2.74. The summed E-state index contributed by atoms with van der Waals surface area (Å²) in [5.74, 6) is -0.239. The summed E-state index contributed by atoms with van der Waals surface area (Å²) in [6, 6.07) is 11.7. The van der Waals surface area contributed by atoms with Crippen molar-refractivity contribution in [1.29, 1.82) is 0 Å². The van der Waals surface area contributed by atoms with Gasteiger partial charge in [-0.1, -0.05) is 6.07 Å². The first-order chi connectivity index (χ1) is 9.47. The minimum absolute atomic E-state index is 0.0391. The van der Waals surface area contributed by atoms with Crippen LogP contribution >= 0.6 is 22.6 Å². The zero-order valence-electron chi connectivity index (χ0n) is 10.6. The van der Waals surface area contributed by atoms with Crippen LogP contribution in [-0.4, -0.2) is 10.8 Å². The van der Waals surface area contributed by atoms with Gasteiger partial charge in [0.05, 0.1) is 4.92 Å². The van der Waals surface area contributed by atoms with Crippen LogP contribution in [0.25, 0.3) is 0 Å². The van der Waals surface area contributed by atoms with Crippen LogP contribution in [0.15, 0.2) is 42.5 Å². The van der Waals surface area contributed by atoms with Crippen LogP contribution in [-0.2, 0) is 0 Å². The largest absolute Gasteiger partial charge is 0.322 e. The average Bonchev–Trinajstić information content (AvgIpc) is 2.38. The Morgan fingerprint density at radius 2 is 2.00 bits per heavy atom. The maximum absolute atomic E-state index is 12.0. The molecule has 2 aromatic carbocycles. The fourth-order valence-corrected chi connectivity index (χ4v) is 2.31. The van der Waals surface area contributed by atoms with Gasteiger partial charge in [0.25, 0.3) is 11.6 Å². The molecule has 0 aliphatic heterocycles. The van der Waals surface area contributed by atoms with Crippen molar-refractivity contribution in [1.82, 2.24) is 0 Å². The number of nitro benzene ring substituents is 1. The Bertz CT molecular complexity index is 686. The molecule has 2 aromatic rings. The Morgan fingerprint density at radius 3 is 2.60 bits per heavy atom. The number of carbonyl (C=O) groups is 1. The summed E-state index contributed by atoms with van der Waals surface area (Å²) in [5, 5.41) is 13.5. The molecule has 0 atom stereocenters. The number of nitrogens with zero attached hydrogens (tertiary/aromatic N) is 1. The first-order valence-corrected chi connectivity index (χ1v) is 6.87. The van der Waals surface area contributed by atoms with Gasteiger partial charge in [0.2, 0.25) is 0 Å². The van der Waals surface area contributed by atoms with Crippen molar-refractivity contribution in [3.05, 3.63) is 67.3 Å². The van der Waals surface area contributed by atoms with Gasteiger partial charge < -0.3 is 5.32 Å². The van der Waals surface area contributed by atoms with Crippen LogP contribution in [0.4, 0.5) is 11.4 Å². The van der Waals surface area contributed by atoms with Gasteiger partial charge in [-0.3, -0.25) is 14.9 Å². The zero-order chi connectivity index (χ0) is 14.7. The molecule has 0 fully saturated rings. The number of hydrogen-bond acceptors (Lipinski definition) is 3. The maximum Gasteiger partial charge on any atom is 0.272 e. The number of hydrogen-bond donors (Lipinski definition) is 1. The van der Waals surface area contributed by atoms with Crippen LogP contribution in [0.5, 0.6) is 0 Å². The van der Waals surface area contributed by atoms with Gasteiger partial charge in [-0.25, -0.2) is 0 Å². The Kier molecular flexibility index (Phi) is 4.33. The van der Waals surface area contributed by atoms with Crippen molar-refractivity contribution < 1.29 is 9.72 Å². The van der Waals surface area contributed by atoms with Crippen molar-refractivity contribution in [2.45, 2.75) is 6.92 Å². The molecule has 102 valence electrons. The van der Waals surface area contributed by atoms with Crippen molar-refractivity contribution in [3.8, 4) is 0 Å². The van der Waals surface area contributed by atoms with Gasteiger partial charge in [-0.15, -0.1) is 0 Å². The van der Waals surface area contributed by atoms with Gasteiger partial charge >= 0.3 is 0 Å². The quantitative estimate of drug-likeness (QED) is 0.499. The average molecular weight is 382 g/mol. The number of halogens is 1. The molecule has 2 rings (SSSR count). The van der Waals surface area contributed by atoms with E-state index in [0.717, 1.165) is 3.57 Å².